The van der Waals surface area contributed by atoms with Crippen molar-refractivity contribution in [3.8, 4) is 0 Å². The first kappa shape index (κ1) is 16.1. The van der Waals surface area contributed by atoms with Crippen molar-refractivity contribution in [3.63, 3.8) is 0 Å². The summed E-state index contributed by atoms with van der Waals surface area (Å²) < 4.78 is 0. The number of pyridine rings is 1. The summed E-state index contributed by atoms with van der Waals surface area (Å²) in [4.78, 5) is 6.76. The molecule has 19 heavy (non-hydrogen) atoms. The third-order valence-electron chi connectivity index (χ3n) is 3.96. The van der Waals surface area contributed by atoms with Gasteiger partial charge in [0.2, 0.25) is 0 Å². The molecule has 0 aromatic carbocycles. The van der Waals surface area contributed by atoms with Crippen molar-refractivity contribution in [3.05, 3.63) is 30.1 Å². The fraction of sp³-hybridized carbons (Fsp3) is 0.688. The number of hydrogen-bond donors (Lipinski definition) is 1. The average Bonchev–Trinajstić information content (AvgIpc) is 2.43. The number of nitrogens with one attached hydrogen (secondary N) is 1. The molecule has 1 heterocycles. The predicted octanol–water partition coefficient (Wildman–Crippen LogP) is 2.72. The molecule has 0 spiro atoms. The summed E-state index contributed by atoms with van der Waals surface area (Å²) in [6, 6.07) is 6.65. The van der Waals surface area contributed by atoms with Crippen molar-refractivity contribution in [1.29, 1.82) is 0 Å². The molecule has 0 aliphatic carbocycles. The van der Waals surface area contributed by atoms with Crippen molar-refractivity contribution in [2.75, 3.05) is 20.1 Å². The van der Waals surface area contributed by atoms with Crippen LogP contribution in [0.5, 0.6) is 0 Å². The Kier molecular flexibility index (Phi) is 6.46. The van der Waals surface area contributed by atoms with Gasteiger partial charge in [0.1, 0.15) is 0 Å². The molecule has 3 nitrogen and oxygen atoms in total. The summed E-state index contributed by atoms with van der Waals surface area (Å²) in [7, 11) is 2.19. The van der Waals surface area contributed by atoms with Crippen LogP contribution in [0.1, 0.15) is 39.8 Å². The Labute approximate surface area is 118 Å². The van der Waals surface area contributed by atoms with Crippen LogP contribution in [0, 0.1) is 0 Å². The lowest BCUT2D eigenvalue weighted by Crippen LogP contribution is -2.46. The van der Waals surface area contributed by atoms with Gasteiger partial charge in [-0.25, -0.2) is 0 Å². The van der Waals surface area contributed by atoms with E-state index in [0.717, 1.165) is 25.9 Å². The summed E-state index contributed by atoms with van der Waals surface area (Å²) in [6.07, 6.45) is 4.03. The lowest BCUT2D eigenvalue weighted by molar-refractivity contribution is 0.232. The van der Waals surface area contributed by atoms with Crippen LogP contribution in [-0.2, 0) is 6.42 Å². The number of hydrogen-bond acceptors (Lipinski definition) is 3. The Morgan fingerprint density at radius 2 is 2.11 bits per heavy atom. The molecular weight excluding hydrogens is 234 g/mol. The minimum absolute atomic E-state index is 0.232. The van der Waals surface area contributed by atoms with Crippen LogP contribution in [0.4, 0.5) is 0 Å². The second-order valence-electron chi connectivity index (χ2n) is 6.02. The van der Waals surface area contributed by atoms with Gasteiger partial charge in [-0.3, -0.25) is 4.98 Å². The van der Waals surface area contributed by atoms with Crippen LogP contribution < -0.4 is 5.32 Å². The Morgan fingerprint density at radius 1 is 1.37 bits per heavy atom. The minimum Gasteiger partial charge on any atom is -0.310 e. The SMILES string of the molecule is CCC(C)(C)NCC(C)N(C)CCc1ccccn1. The molecule has 1 rings (SSSR count). The molecule has 108 valence electrons. The Hall–Kier alpha value is -0.930. The van der Waals surface area contributed by atoms with Crippen molar-refractivity contribution < 1.29 is 0 Å². The van der Waals surface area contributed by atoms with E-state index in [1.54, 1.807) is 0 Å². The molecule has 1 unspecified atom stereocenters. The zero-order valence-electron chi connectivity index (χ0n) is 13.1. The van der Waals surface area contributed by atoms with E-state index in [4.69, 9.17) is 0 Å². The van der Waals surface area contributed by atoms with Crippen molar-refractivity contribution in [1.82, 2.24) is 15.2 Å². The molecule has 1 N–H and O–H groups in total. The molecule has 1 aromatic heterocycles. The second-order valence-corrected chi connectivity index (χ2v) is 6.02. The summed E-state index contributed by atoms with van der Waals surface area (Å²) >= 11 is 0. The van der Waals surface area contributed by atoms with Gasteiger partial charge in [-0.05, 0) is 46.4 Å². The number of nitrogens with zero attached hydrogens (tertiary/aromatic N) is 2. The van der Waals surface area contributed by atoms with Crippen LogP contribution >= 0.6 is 0 Å². The monoisotopic (exact) mass is 263 g/mol. The van der Waals surface area contributed by atoms with E-state index in [0.29, 0.717) is 6.04 Å². The molecule has 0 saturated heterocycles. The highest BCUT2D eigenvalue weighted by Gasteiger charge is 2.16. The zero-order chi connectivity index (χ0) is 14.3. The number of likely N-dealkylation sites (N-methyl/N-ethyl adjacent to an activating group) is 1. The Morgan fingerprint density at radius 3 is 2.68 bits per heavy atom. The Bertz CT molecular complexity index is 348. The highest BCUT2D eigenvalue weighted by atomic mass is 15.1. The van der Waals surface area contributed by atoms with Gasteiger partial charge in [-0.15, -0.1) is 0 Å². The van der Waals surface area contributed by atoms with Crippen LogP contribution in [-0.4, -0.2) is 41.6 Å². The van der Waals surface area contributed by atoms with E-state index < -0.39 is 0 Å². The van der Waals surface area contributed by atoms with Crippen LogP contribution in [0.2, 0.25) is 0 Å². The molecular formula is C16H29N3. The van der Waals surface area contributed by atoms with Crippen molar-refractivity contribution in [2.45, 2.75) is 52.1 Å². The lowest BCUT2D eigenvalue weighted by atomic mass is 10.0. The molecule has 1 aromatic rings. The van der Waals surface area contributed by atoms with Crippen LogP contribution in [0.3, 0.4) is 0 Å². The van der Waals surface area contributed by atoms with Gasteiger partial charge in [-0.2, -0.15) is 0 Å². The van der Waals surface area contributed by atoms with Crippen molar-refractivity contribution >= 4 is 0 Å². The van der Waals surface area contributed by atoms with E-state index in [1.165, 1.54) is 5.69 Å². The third-order valence-corrected chi connectivity index (χ3v) is 3.96. The Balaban J connectivity index is 2.31. The maximum absolute atomic E-state index is 4.37. The molecule has 0 bridgehead atoms. The second kappa shape index (κ2) is 7.61. The van der Waals surface area contributed by atoms with E-state index >= 15 is 0 Å². The highest BCUT2D eigenvalue weighted by Crippen LogP contribution is 2.07. The molecule has 0 aliphatic heterocycles. The molecule has 1 atom stereocenters. The largest absolute Gasteiger partial charge is 0.310 e. The molecule has 0 amide bonds. The van der Waals surface area contributed by atoms with Crippen LogP contribution in [0.25, 0.3) is 0 Å². The summed E-state index contributed by atoms with van der Waals surface area (Å²) in [5, 5.41) is 3.63. The lowest BCUT2D eigenvalue weighted by Gasteiger charge is -2.30. The molecule has 0 aliphatic rings. The zero-order valence-corrected chi connectivity index (χ0v) is 13.1. The average molecular weight is 263 g/mol. The van der Waals surface area contributed by atoms with Gasteiger partial charge in [-0.1, -0.05) is 13.0 Å². The van der Waals surface area contributed by atoms with Gasteiger partial charge in [0.15, 0.2) is 0 Å². The number of aromatic nitrogens is 1. The fourth-order valence-corrected chi connectivity index (χ4v) is 1.76. The summed E-state index contributed by atoms with van der Waals surface area (Å²) in [5.41, 5.74) is 1.40. The summed E-state index contributed by atoms with van der Waals surface area (Å²) in [6.45, 7) is 11.1. The van der Waals surface area contributed by atoms with E-state index in [-0.39, 0.29) is 5.54 Å². The minimum atomic E-state index is 0.232. The van der Waals surface area contributed by atoms with Gasteiger partial charge in [0.05, 0.1) is 0 Å². The molecule has 0 fully saturated rings. The van der Waals surface area contributed by atoms with Gasteiger partial charge in [0, 0.05) is 43.0 Å². The molecule has 0 saturated carbocycles. The van der Waals surface area contributed by atoms with Crippen LogP contribution in [0.15, 0.2) is 24.4 Å². The van der Waals surface area contributed by atoms with E-state index in [9.17, 15) is 0 Å². The third kappa shape index (κ3) is 6.17. The number of rotatable bonds is 8. The molecule has 3 heteroatoms. The first-order valence-electron chi connectivity index (χ1n) is 7.30. The molecule has 0 radical (unpaired) electrons. The maximum Gasteiger partial charge on any atom is 0.0416 e. The standard InChI is InChI=1S/C16H29N3/c1-6-16(3,4)18-13-14(2)19(5)12-10-15-9-7-8-11-17-15/h7-9,11,14,18H,6,10,12-13H2,1-5H3. The first-order valence-corrected chi connectivity index (χ1v) is 7.30. The fourth-order valence-electron chi connectivity index (χ4n) is 1.76. The van der Waals surface area contributed by atoms with Gasteiger partial charge >= 0.3 is 0 Å². The van der Waals surface area contributed by atoms with E-state index in [1.807, 2.05) is 12.3 Å². The van der Waals surface area contributed by atoms with Crippen molar-refractivity contribution in [2.24, 2.45) is 0 Å². The quantitative estimate of drug-likeness (QED) is 0.781. The maximum atomic E-state index is 4.37. The highest BCUT2D eigenvalue weighted by molar-refractivity contribution is 5.03. The normalized spacial score (nSPS) is 13.8. The van der Waals surface area contributed by atoms with Gasteiger partial charge in [0.25, 0.3) is 0 Å². The summed E-state index contributed by atoms with van der Waals surface area (Å²) in [5.74, 6) is 0. The predicted molar refractivity (Wildman–Crippen MR) is 82.4 cm³/mol. The topological polar surface area (TPSA) is 28.2 Å². The first-order chi connectivity index (χ1) is 8.94. The van der Waals surface area contributed by atoms with E-state index in [2.05, 4.69) is 62.1 Å². The smallest absolute Gasteiger partial charge is 0.0416 e. The van der Waals surface area contributed by atoms with Gasteiger partial charge < -0.3 is 10.2 Å².